The first-order valence-electron chi connectivity index (χ1n) is 10.8. The molecule has 8 unspecified atom stereocenters. The van der Waals surface area contributed by atoms with Gasteiger partial charge >= 0.3 is 17.9 Å². The monoisotopic (exact) mass is 496 g/mol. The maximum atomic E-state index is 12.1. The Morgan fingerprint density at radius 3 is 2.17 bits per heavy atom. The van der Waals surface area contributed by atoms with E-state index in [1.165, 1.54) is 0 Å². The highest BCUT2D eigenvalue weighted by molar-refractivity contribution is 5.97. The molecule has 0 amide bonds. The molecule has 0 aliphatic carbocycles. The van der Waals surface area contributed by atoms with E-state index in [4.69, 9.17) is 9.47 Å². The molecule has 1 aromatic rings. The lowest BCUT2D eigenvalue weighted by Gasteiger charge is -2.48. The first-order chi connectivity index (χ1) is 16.2. The van der Waals surface area contributed by atoms with E-state index in [9.17, 15) is 50.1 Å². The van der Waals surface area contributed by atoms with Crippen LogP contribution in [0.25, 0.3) is 0 Å². The highest BCUT2D eigenvalue weighted by Crippen LogP contribution is 2.54. The second kappa shape index (κ2) is 9.30. The lowest BCUT2D eigenvalue weighted by Crippen LogP contribution is -2.77. The number of benzene rings is 1. The number of carbonyl (C=O) groups is 3. The topological polar surface area (TPSA) is 211 Å². The van der Waals surface area contributed by atoms with Crippen molar-refractivity contribution in [2.45, 2.75) is 67.6 Å². The zero-order valence-corrected chi connectivity index (χ0v) is 18.8. The first kappa shape index (κ1) is 26.7. The lowest BCUT2D eigenvalue weighted by molar-refractivity contribution is -0.374. The van der Waals surface area contributed by atoms with Crippen molar-refractivity contribution in [2.24, 2.45) is 5.92 Å². The van der Waals surface area contributed by atoms with E-state index in [1.807, 2.05) is 30.3 Å². The summed E-state index contributed by atoms with van der Waals surface area (Å²) in [5.74, 6) is -9.43. The van der Waals surface area contributed by atoms with Crippen LogP contribution in [0.1, 0.15) is 25.3 Å². The Hall–Kier alpha value is -2.87. The summed E-state index contributed by atoms with van der Waals surface area (Å²) < 4.78 is 10.5. The summed E-state index contributed by atoms with van der Waals surface area (Å²) in [6, 6.07) is 9.30. The minimum absolute atomic E-state index is 0.183. The molecule has 35 heavy (non-hydrogen) atoms. The summed E-state index contributed by atoms with van der Waals surface area (Å²) in [5, 5.41) is 71.4. The molecule has 2 saturated heterocycles. The molecule has 2 heterocycles. The van der Waals surface area contributed by atoms with Gasteiger partial charge in [0, 0.05) is 6.42 Å². The van der Waals surface area contributed by atoms with Crippen LogP contribution in [0, 0.1) is 5.92 Å². The molecule has 2 aliphatic heterocycles. The van der Waals surface area contributed by atoms with Crippen molar-refractivity contribution < 1.29 is 59.6 Å². The van der Waals surface area contributed by atoms with Crippen molar-refractivity contribution >= 4 is 17.9 Å². The third-order valence-electron chi connectivity index (χ3n) is 6.78. The van der Waals surface area contributed by atoms with Crippen LogP contribution >= 0.6 is 0 Å². The smallest absolute Gasteiger partial charge is 0.343 e. The van der Waals surface area contributed by atoms with Crippen LogP contribution < -0.4 is 0 Å². The van der Waals surface area contributed by atoms with Crippen LogP contribution in [0.3, 0.4) is 0 Å². The second-order valence-electron chi connectivity index (χ2n) is 9.02. The van der Waals surface area contributed by atoms with Crippen molar-refractivity contribution in [3.8, 4) is 0 Å². The molecule has 8 atom stereocenters. The van der Waals surface area contributed by atoms with Gasteiger partial charge in [-0.25, -0.2) is 14.4 Å². The van der Waals surface area contributed by atoms with Gasteiger partial charge in [0.1, 0.15) is 12.2 Å². The number of rotatable bonds is 10. The summed E-state index contributed by atoms with van der Waals surface area (Å²) in [6.07, 6.45) is -8.79. The summed E-state index contributed by atoms with van der Waals surface area (Å²) in [5.41, 5.74) is -6.07. The SMILES string of the molecule is C=C(CCC12OC(C(=O)O)C(O)(C(=O)O)C(C(=O)O)(O1)C(O)C2O)C(O)C(C)Cc1ccccc1. The predicted molar refractivity (Wildman–Crippen MR) is 115 cm³/mol. The van der Waals surface area contributed by atoms with E-state index < -0.39 is 65.7 Å². The van der Waals surface area contributed by atoms with E-state index in [2.05, 4.69) is 6.58 Å². The average Bonchev–Trinajstić information content (AvgIpc) is 3.00. The van der Waals surface area contributed by atoms with Crippen molar-refractivity contribution in [2.75, 3.05) is 0 Å². The molecule has 0 radical (unpaired) electrons. The molecule has 12 heteroatoms. The number of aliphatic carboxylic acids is 3. The molecule has 2 aliphatic rings. The van der Waals surface area contributed by atoms with E-state index in [1.54, 1.807) is 6.92 Å². The summed E-state index contributed by atoms with van der Waals surface area (Å²) in [7, 11) is 0. The molecule has 192 valence electrons. The zero-order valence-electron chi connectivity index (χ0n) is 18.8. The zero-order chi connectivity index (χ0) is 26.3. The molecule has 0 spiro atoms. The minimum atomic E-state index is -3.79. The maximum absolute atomic E-state index is 12.1. The number of aliphatic hydroxyl groups excluding tert-OH is 3. The van der Waals surface area contributed by atoms with Crippen LogP contribution in [0.15, 0.2) is 42.5 Å². The van der Waals surface area contributed by atoms with Gasteiger partial charge in [-0.1, -0.05) is 43.8 Å². The number of fused-ring (bicyclic) bond motifs is 2. The van der Waals surface area contributed by atoms with Gasteiger partial charge < -0.3 is 45.2 Å². The number of carboxylic acid groups (broad SMARTS) is 3. The van der Waals surface area contributed by atoms with E-state index in [-0.39, 0.29) is 17.9 Å². The van der Waals surface area contributed by atoms with E-state index in [0.717, 1.165) is 5.56 Å². The van der Waals surface area contributed by atoms with Gasteiger partial charge in [0.25, 0.3) is 0 Å². The number of aliphatic hydroxyl groups is 4. The molecule has 2 fully saturated rings. The normalized spacial score (nSPS) is 35.7. The van der Waals surface area contributed by atoms with Crippen LogP contribution in [0.5, 0.6) is 0 Å². The molecular weight excluding hydrogens is 468 g/mol. The molecule has 0 aromatic heterocycles. The van der Waals surface area contributed by atoms with E-state index >= 15 is 0 Å². The Morgan fingerprint density at radius 2 is 1.66 bits per heavy atom. The predicted octanol–water partition coefficient (Wildman–Crippen LogP) is -0.867. The molecule has 0 saturated carbocycles. The molecule has 1 aromatic carbocycles. The Labute approximate surface area is 199 Å². The van der Waals surface area contributed by atoms with Gasteiger partial charge in [0.15, 0.2) is 5.79 Å². The van der Waals surface area contributed by atoms with Crippen molar-refractivity contribution in [1.82, 2.24) is 0 Å². The standard InChI is InChI=1S/C23H28O12/c1-11(14(24)12(2)10-13-6-4-3-5-7-13)8-9-21-15(25)16(26)23(35-21,20(31)32)22(33,19(29)30)17(34-21)18(27)28/h3-7,12,14-17,24-26,33H,1,8-10H2,2H3,(H,27,28)(H,29,30)(H,31,32). The molecular formula is C23H28O12. The summed E-state index contributed by atoms with van der Waals surface area (Å²) >= 11 is 0. The molecule has 2 bridgehead atoms. The van der Waals surface area contributed by atoms with Crippen LogP contribution in [0.2, 0.25) is 0 Å². The highest BCUT2D eigenvalue weighted by Gasteiger charge is 2.84. The number of ether oxygens (including phenoxy) is 2. The average molecular weight is 496 g/mol. The molecule has 7 N–H and O–H groups in total. The lowest BCUT2D eigenvalue weighted by atomic mass is 9.74. The van der Waals surface area contributed by atoms with Gasteiger partial charge in [-0.2, -0.15) is 0 Å². The first-order valence-corrected chi connectivity index (χ1v) is 10.8. The fraction of sp³-hybridized carbons (Fsp3) is 0.522. The highest BCUT2D eigenvalue weighted by atomic mass is 16.8. The molecule has 12 nitrogen and oxygen atoms in total. The van der Waals surface area contributed by atoms with E-state index in [0.29, 0.717) is 6.42 Å². The fourth-order valence-corrected chi connectivity index (χ4v) is 4.81. The summed E-state index contributed by atoms with van der Waals surface area (Å²) in [4.78, 5) is 35.8. The summed E-state index contributed by atoms with van der Waals surface area (Å²) in [6.45, 7) is 5.58. The van der Waals surface area contributed by atoms with Crippen molar-refractivity contribution in [1.29, 1.82) is 0 Å². The van der Waals surface area contributed by atoms with Gasteiger partial charge in [-0.05, 0) is 29.9 Å². The van der Waals surface area contributed by atoms with Crippen molar-refractivity contribution in [3.05, 3.63) is 48.0 Å². The number of hydrogen-bond acceptors (Lipinski definition) is 9. The Morgan fingerprint density at radius 1 is 1.06 bits per heavy atom. The third kappa shape index (κ3) is 4.01. The maximum Gasteiger partial charge on any atom is 0.343 e. The Balaban J connectivity index is 1.87. The fourth-order valence-electron chi connectivity index (χ4n) is 4.81. The number of carboxylic acids is 3. The quantitative estimate of drug-likeness (QED) is 0.197. The van der Waals surface area contributed by atoms with Gasteiger partial charge in [-0.3, -0.25) is 0 Å². The van der Waals surface area contributed by atoms with Gasteiger partial charge in [0.2, 0.25) is 17.3 Å². The van der Waals surface area contributed by atoms with Crippen molar-refractivity contribution in [3.63, 3.8) is 0 Å². The Kier molecular flexibility index (Phi) is 7.10. The third-order valence-corrected chi connectivity index (χ3v) is 6.78. The largest absolute Gasteiger partial charge is 0.479 e. The van der Waals surface area contributed by atoms with Gasteiger partial charge in [-0.15, -0.1) is 0 Å². The minimum Gasteiger partial charge on any atom is -0.479 e. The van der Waals surface area contributed by atoms with Crippen LogP contribution in [0.4, 0.5) is 0 Å². The van der Waals surface area contributed by atoms with Crippen LogP contribution in [-0.2, 0) is 30.3 Å². The Bertz CT molecular complexity index is 1010. The second-order valence-corrected chi connectivity index (χ2v) is 9.02. The number of hydrogen-bond donors (Lipinski definition) is 7. The van der Waals surface area contributed by atoms with Gasteiger partial charge in [0.05, 0.1) is 6.10 Å². The van der Waals surface area contributed by atoms with Crippen LogP contribution in [-0.4, -0.2) is 95.1 Å². The molecule has 3 rings (SSSR count).